The minimum Gasteiger partial charge on any atom is -0.396 e. The van der Waals surface area contributed by atoms with Crippen LogP contribution in [0.25, 0.3) is 0 Å². The van der Waals surface area contributed by atoms with E-state index >= 15 is 0 Å². The second kappa shape index (κ2) is 6.85. The van der Waals surface area contributed by atoms with Gasteiger partial charge in [-0.3, -0.25) is 10.2 Å². The van der Waals surface area contributed by atoms with E-state index in [9.17, 15) is 10.2 Å². The van der Waals surface area contributed by atoms with Crippen LogP contribution < -0.4 is 5.32 Å². The van der Waals surface area contributed by atoms with E-state index in [4.69, 9.17) is 0 Å². The molecule has 4 heteroatoms. The van der Waals surface area contributed by atoms with Crippen molar-refractivity contribution in [3.05, 3.63) is 0 Å². The Morgan fingerprint density at radius 2 is 1.83 bits per heavy atom. The molecule has 0 saturated carbocycles. The summed E-state index contributed by atoms with van der Waals surface area (Å²) in [7, 11) is 0. The normalized spacial score (nSPS) is 34.7. The molecule has 0 bridgehead atoms. The maximum absolute atomic E-state index is 9.47. The summed E-state index contributed by atoms with van der Waals surface area (Å²) in [6.45, 7) is 3.79. The molecule has 0 amide bonds. The lowest BCUT2D eigenvalue weighted by atomic mass is 9.78. The molecule has 0 aromatic rings. The molecular formula is C14H28N2O2. The molecule has 2 rings (SSSR count). The Balaban J connectivity index is 2.14. The first-order valence-corrected chi connectivity index (χ1v) is 7.55. The third-order valence-corrected chi connectivity index (χ3v) is 4.73. The van der Waals surface area contributed by atoms with Crippen molar-refractivity contribution in [2.75, 3.05) is 32.8 Å². The second-order valence-electron chi connectivity index (χ2n) is 5.72. The molecule has 2 unspecified atom stereocenters. The van der Waals surface area contributed by atoms with E-state index < -0.39 is 0 Å². The number of aliphatic hydroxyl groups is 2. The number of rotatable bonds is 5. The van der Waals surface area contributed by atoms with E-state index in [2.05, 4.69) is 10.2 Å². The van der Waals surface area contributed by atoms with Gasteiger partial charge in [0.05, 0.1) is 5.66 Å². The quantitative estimate of drug-likeness (QED) is 0.685. The molecule has 0 radical (unpaired) electrons. The van der Waals surface area contributed by atoms with Gasteiger partial charge < -0.3 is 10.2 Å². The van der Waals surface area contributed by atoms with Crippen molar-refractivity contribution >= 4 is 0 Å². The molecule has 2 fully saturated rings. The summed E-state index contributed by atoms with van der Waals surface area (Å²) in [6, 6.07) is 0. The van der Waals surface area contributed by atoms with Crippen LogP contribution in [0, 0.1) is 5.92 Å². The van der Waals surface area contributed by atoms with Crippen LogP contribution in [0.1, 0.15) is 44.9 Å². The summed E-state index contributed by atoms with van der Waals surface area (Å²) >= 11 is 0. The van der Waals surface area contributed by atoms with Crippen molar-refractivity contribution in [2.24, 2.45) is 5.92 Å². The Morgan fingerprint density at radius 3 is 2.50 bits per heavy atom. The molecule has 18 heavy (non-hydrogen) atoms. The van der Waals surface area contributed by atoms with Gasteiger partial charge in [-0.2, -0.15) is 0 Å². The summed E-state index contributed by atoms with van der Waals surface area (Å²) in [4.78, 5) is 2.55. The number of aliphatic hydroxyl groups excluding tert-OH is 2. The Bertz CT molecular complexity index is 225. The van der Waals surface area contributed by atoms with Gasteiger partial charge in [0, 0.05) is 19.6 Å². The zero-order valence-electron chi connectivity index (χ0n) is 11.4. The molecule has 2 aliphatic rings. The molecule has 4 nitrogen and oxygen atoms in total. The average molecular weight is 256 g/mol. The lowest BCUT2D eigenvalue weighted by molar-refractivity contribution is -0.0539. The molecule has 0 spiro atoms. The van der Waals surface area contributed by atoms with Crippen molar-refractivity contribution < 1.29 is 10.2 Å². The lowest BCUT2D eigenvalue weighted by Crippen LogP contribution is -2.67. The SMILES string of the molecule is OCCC1CCCNC1(CCO)N1CCCCC1. The minimum atomic E-state index is -0.0594. The van der Waals surface area contributed by atoms with E-state index in [0.717, 1.165) is 32.5 Å². The second-order valence-corrected chi connectivity index (χ2v) is 5.72. The lowest BCUT2D eigenvalue weighted by Gasteiger charge is -2.53. The van der Waals surface area contributed by atoms with Crippen LogP contribution in [0.15, 0.2) is 0 Å². The summed E-state index contributed by atoms with van der Waals surface area (Å²) in [6.07, 6.45) is 7.86. The Labute approximate surface area is 110 Å². The maximum Gasteiger partial charge on any atom is 0.0764 e. The third-order valence-electron chi connectivity index (χ3n) is 4.73. The number of hydrogen-bond donors (Lipinski definition) is 3. The zero-order valence-corrected chi connectivity index (χ0v) is 11.4. The van der Waals surface area contributed by atoms with Crippen molar-refractivity contribution in [3.63, 3.8) is 0 Å². The van der Waals surface area contributed by atoms with Gasteiger partial charge in [0.15, 0.2) is 0 Å². The maximum atomic E-state index is 9.47. The van der Waals surface area contributed by atoms with Crippen LogP contribution in [-0.2, 0) is 0 Å². The Kier molecular flexibility index (Phi) is 5.42. The van der Waals surface area contributed by atoms with Crippen molar-refractivity contribution in [3.8, 4) is 0 Å². The van der Waals surface area contributed by atoms with Crippen LogP contribution in [0.2, 0.25) is 0 Å². The van der Waals surface area contributed by atoms with E-state index in [1.165, 1.54) is 32.1 Å². The van der Waals surface area contributed by atoms with Crippen molar-refractivity contribution in [1.82, 2.24) is 10.2 Å². The number of likely N-dealkylation sites (tertiary alicyclic amines) is 1. The van der Waals surface area contributed by atoms with Gasteiger partial charge in [-0.25, -0.2) is 0 Å². The fourth-order valence-electron chi connectivity index (χ4n) is 3.86. The molecular weight excluding hydrogens is 228 g/mol. The van der Waals surface area contributed by atoms with Gasteiger partial charge >= 0.3 is 0 Å². The minimum absolute atomic E-state index is 0.0594. The van der Waals surface area contributed by atoms with Gasteiger partial charge in [0.25, 0.3) is 0 Å². The highest BCUT2D eigenvalue weighted by molar-refractivity contribution is 4.97. The highest BCUT2D eigenvalue weighted by Gasteiger charge is 2.44. The largest absolute Gasteiger partial charge is 0.396 e. The van der Waals surface area contributed by atoms with Crippen LogP contribution in [0.4, 0.5) is 0 Å². The third kappa shape index (κ3) is 2.87. The molecule has 2 saturated heterocycles. The summed E-state index contributed by atoms with van der Waals surface area (Å²) in [5, 5.41) is 22.5. The summed E-state index contributed by atoms with van der Waals surface area (Å²) in [5.74, 6) is 0.474. The first-order valence-electron chi connectivity index (χ1n) is 7.55. The predicted octanol–water partition coefficient (Wildman–Crippen LogP) is 0.933. The topological polar surface area (TPSA) is 55.7 Å². The molecule has 3 N–H and O–H groups in total. The smallest absolute Gasteiger partial charge is 0.0764 e. The standard InChI is InChI=1S/C14H28N2O2/c17-11-6-13-5-4-8-15-14(13,7-12-18)16-9-2-1-3-10-16/h13,15,17-18H,1-12H2. The molecule has 0 aromatic heterocycles. The van der Waals surface area contributed by atoms with E-state index in [0.29, 0.717) is 5.92 Å². The van der Waals surface area contributed by atoms with Gasteiger partial charge in [-0.05, 0) is 57.7 Å². The van der Waals surface area contributed by atoms with Crippen LogP contribution in [0.5, 0.6) is 0 Å². The number of hydrogen-bond acceptors (Lipinski definition) is 4. The van der Waals surface area contributed by atoms with Gasteiger partial charge in [-0.15, -0.1) is 0 Å². The predicted molar refractivity (Wildman–Crippen MR) is 72.3 cm³/mol. The van der Waals surface area contributed by atoms with Gasteiger partial charge in [0.1, 0.15) is 0 Å². The summed E-state index contributed by atoms with van der Waals surface area (Å²) < 4.78 is 0. The number of nitrogens with zero attached hydrogens (tertiary/aromatic N) is 1. The molecule has 0 aromatic carbocycles. The monoisotopic (exact) mass is 256 g/mol. The van der Waals surface area contributed by atoms with Crippen LogP contribution in [0.3, 0.4) is 0 Å². The van der Waals surface area contributed by atoms with Gasteiger partial charge in [0.2, 0.25) is 0 Å². The molecule has 0 aliphatic carbocycles. The van der Waals surface area contributed by atoms with Gasteiger partial charge in [-0.1, -0.05) is 6.42 Å². The number of nitrogens with one attached hydrogen (secondary N) is 1. The molecule has 2 aliphatic heterocycles. The molecule has 2 atom stereocenters. The highest BCUT2D eigenvalue weighted by atomic mass is 16.3. The fraction of sp³-hybridized carbons (Fsp3) is 1.00. The van der Waals surface area contributed by atoms with E-state index in [1.807, 2.05) is 0 Å². The molecule has 2 heterocycles. The first kappa shape index (κ1) is 14.3. The van der Waals surface area contributed by atoms with Crippen molar-refractivity contribution in [1.29, 1.82) is 0 Å². The summed E-state index contributed by atoms with van der Waals surface area (Å²) in [5.41, 5.74) is -0.0594. The number of piperidine rings is 2. The first-order chi connectivity index (χ1) is 8.83. The Morgan fingerprint density at radius 1 is 1.06 bits per heavy atom. The average Bonchev–Trinajstić information content (AvgIpc) is 2.43. The van der Waals surface area contributed by atoms with Crippen LogP contribution >= 0.6 is 0 Å². The van der Waals surface area contributed by atoms with E-state index in [-0.39, 0.29) is 18.9 Å². The molecule has 106 valence electrons. The zero-order chi connectivity index (χ0) is 12.8. The highest BCUT2D eigenvalue weighted by Crippen LogP contribution is 2.36. The van der Waals surface area contributed by atoms with E-state index in [1.54, 1.807) is 0 Å². The van der Waals surface area contributed by atoms with Crippen molar-refractivity contribution in [2.45, 2.75) is 50.6 Å². The fourth-order valence-corrected chi connectivity index (χ4v) is 3.86. The Hall–Kier alpha value is -0.160. The van der Waals surface area contributed by atoms with Crippen LogP contribution in [-0.4, -0.2) is 53.6 Å².